The summed E-state index contributed by atoms with van der Waals surface area (Å²) in [5, 5.41) is 13.3. The summed E-state index contributed by atoms with van der Waals surface area (Å²) in [6.45, 7) is -0.380. The lowest BCUT2D eigenvalue weighted by Gasteiger charge is -2.28. The molecular weight excluding hydrogens is 411 g/mol. The molecule has 0 radical (unpaired) electrons. The van der Waals surface area contributed by atoms with Crippen molar-refractivity contribution in [3.63, 3.8) is 0 Å². The Balaban J connectivity index is 1.52. The molecular formula is C25H23FN2O4. The largest absolute Gasteiger partial charge is 0.491 e. The smallest absolute Gasteiger partial charge is 0.325 e. The molecule has 6 nitrogen and oxygen atoms in total. The predicted octanol–water partition coefficient (Wildman–Crippen LogP) is 3.26. The third kappa shape index (κ3) is 4.48. The summed E-state index contributed by atoms with van der Waals surface area (Å²) in [4.78, 5) is 27.4. The molecule has 1 saturated heterocycles. The molecule has 32 heavy (non-hydrogen) atoms. The number of carbonyl (C=O) groups excluding carboxylic acids is 2. The number of aliphatic hydroxyl groups excluding tert-OH is 1. The molecule has 0 saturated carbocycles. The number of benzene rings is 3. The number of halogens is 1. The topological polar surface area (TPSA) is 78.9 Å². The van der Waals surface area contributed by atoms with Crippen LogP contribution in [0.5, 0.6) is 5.75 Å². The number of aliphatic hydroxyl groups is 1. The Labute approximate surface area is 185 Å². The minimum Gasteiger partial charge on any atom is -0.491 e. The summed E-state index contributed by atoms with van der Waals surface area (Å²) in [6, 6.07) is 23.3. The zero-order chi connectivity index (χ0) is 22.6. The molecule has 3 amide bonds. The zero-order valence-corrected chi connectivity index (χ0v) is 17.3. The molecule has 164 valence electrons. The molecule has 1 aliphatic rings. The van der Waals surface area contributed by atoms with Crippen molar-refractivity contribution in [2.75, 3.05) is 13.2 Å². The number of nitrogens with one attached hydrogen (secondary N) is 1. The molecule has 0 aromatic heterocycles. The van der Waals surface area contributed by atoms with Crippen molar-refractivity contribution in [1.82, 2.24) is 10.2 Å². The second kappa shape index (κ2) is 9.20. The Kier molecular flexibility index (Phi) is 6.18. The molecule has 1 aliphatic heterocycles. The first kappa shape index (κ1) is 21.5. The molecule has 2 atom stereocenters. The average Bonchev–Trinajstić information content (AvgIpc) is 3.05. The van der Waals surface area contributed by atoms with Crippen LogP contribution in [0.15, 0.2) is 84.9 Å². The van der Waals surface area contributed by atoms with Crippen LogP contribution in [0.2, 0.25) is 0 Å². The van der Waals surface area contributed by atoms with Crippen molar-refractivity contribution in [2.24, 2.45) is 0 Å². The van der Waals surface area contributed by atoms with Crippen molar-refractivity contribution in [2.45, 2.75) is 18.1 Å². The fourth-order valence-electron chi connectivity index (χ4n) is 3.82. The lowest BCUT2D eigenvalue weighted by atomic mass is 9.83. The molecule has 0 bridgehead atoms. The first-order valence-corrected chi connectivity index (χ1v) is 10.3. The molecule has 0 unspecified atom stereocenters. The fraction of sp³-hybridized carbons (Fsp3) is 0.200. The highest BCUT2D eigenvalue weighted by Crippen LogP contribution is 2.33. The van der Waals surface area contributed by atoms with Crippen LogP contribution in [0.1, 0.15) is 11.1 Å². The summed E-state index contributed by atoms with van der Waals surface area (Å²) in [5.74, 6) is -0.448. The maximum atomic E-state index is 13.5. The lowest BCUT2D eigenvalue weighted by Crippen LogP contribution is -2.46. The highest BCUT2D eigenvalue weighted by Gasteiger charge is 2.52. The summed E-state index contributed by atoms with van der Waals surface area (Å²) in [7, 11) is 0. The highest BCUT2D eigenvalue weighted by molar-refractivity contribution is 6.07. The number of hydrogen-bond acceptors (Lipinski definition) is 4. The van der Waals surface area contributed by atoms with Gasteiger partial charge in [-0.3, -0.25) is 9.69 Å². The standard InChI is InChI=1S/C25H23FN2O4/c26-20-11-13-22(14-12-20)32-17-21(29)16-28-23(30)25(27-24(28)31,19-9-5-2-6-10-19)15-18-7-3-1-4-8-18/h1-14,21,29H,15-17H2,(H,27,31)/t21-,25+/m0/s1. The van der Waals surface area contributed by atoms with E-state index in [9.17, 15) is 19.1 Å². The van der Waals surface area contributed by atoms with E-state index in [0.717, 1.165) is 10.5 Å². The predicted molar refractivity (Wildman–Crippen MR) is 116 cm³/mol. The summed E-state index contributed by atoms with van der Waals surface area (Å²) in [5.41, 5.74) is 0.297. The van der Waals surface area contributed by atoms with Crippen LogP contribution < -0.4 is 10.1 Å². The van der Waals surface area contributed by atoms with E-state index in [1.807, 2.05) is 48.5 Å². The van der Waals surface area contributed by atoms with Gasteiger partial charge in [0, 0.05) is 6.42 Å². The van der Waals surface area contributed by atoms with Crippen molar-refractivity contribution < 1.29 is 23.8 Å². The van der Waals surface area contributed by atoms with Gasteiger partial charge in [-0.25, -0.2) is 9.18 Å². The van der Waals surface area contributed by atoms with Crippen molar-refractivity contribution in [3.05, 3.63) is 102 Å². The first-order chi connectivity index (χ1) is 15.5. The number of hydrogen-bond donors (Lipinski definition) is 2. The van der Waals surface area contributed by atoms with Gasteiger partial charge in [0.1, 0.15) is 24.3 Å². The number of β-amino-alcohol motifs (C(OH)–C–C–N with tert-alkyl or cyclic N) is 1. The fourth-order valence-corrected chi connectivity index (χ4v) is 3.82. The zero-order valence-electron chi connectivity index (χ0n) is 17.3. The normalized spacial score (nSPS) is 19.0. The molecule has 7 heteroatoms. The summed E-state index contributed by atoms with van der Waals surface area (Å²) in [6.07, 6.45) is -0.834. The van der Waals surface area contributed by atoms with Gasteiger partial charge in [0.05, 0.1) is 6.54 Å². The Morgan fingerprint density at radius 1 is 0.938 bits per heavy atom. The number of rotatable bonds is 8. The first-order valence-electron chi connectivity index (χ1n) is 10.3. The van der Waals surface area contributed by atoms with Gasteiger partial charge < -0.3 is 15.2 Å². The van der Waals surface area contributed by atoms with Crippen LogP contribution in [0.4, 0.5) is 9.18 Å². The van der Waals surface area contributed by atoms with E-state index >= 15 is 0 Å². The Hall–Kier alpha value is -3.71. The van der Waals surface area contributed by atoms with Crippen LogP contribution >= 0.6 is 0 Å². The second-order valence-electron chi connectivity index (χ2n) is 7.70. The third-order valence-electron chi connectivity index (χ3n) is 5.40. The van der Waals surface area contributed by atoms with E-state index in [-0.39, 0.29) is 19.6 Å². The number of amides is 3. The van der Waals surface area contributed by atoms with Crippen LogP contribution in [0.25, 0.3) is 0 Å². The van der Waals surface area contributed by atoms with E-state index in [2.05, 4.69) is 5.32 Å². The number of ether oxygens (including phenoxy) is 1. The molecule has 1 fully saturated rings. The Morgan fingerprint density at radius 2 is 1.56 bits per heavy atom. The van der Waals surface area contributed by atoms with E-state index in [1.54, 1.807) is 12.1 Å². The van der Waals surface area contributed by atoms with Gasteiger partial charge in [-0.15, -0.1) is 0 Å². The number of carbonyl (C=O) groups is 2. The van der Waals surface area contributed by atoms with Crippen LogP contribution in [0, 0.1) is 5.82 Å². The Bertz CT molecular complexity index is 1080. The molecule has 1 heterocycles. The molecule has 0 aliphatic carbocycles. The molecule has 0 spiro atoms. The van der Waals surface area contributed by atoms with Crippen LogP contribution in [-0.4, -0.2) is 41.2 Å². The molecule has 2 N–H and O–H groups in total. The van der Waals surface area contributed by atoms with Gasteiger partial charge in [0.25, 0.3) is 5.91 Å². The maximum Gasteiger partial charge on any atom is 0.325 e. The van der Waals surface area contributed by atoms with Gasteiger partial charge in [0.2, 0.25) is 0 Å². The molecule has 4 rings (SSSR count). The van der Waals surface area contributed by atoms with Crippen molar-refractivity contribution >= 4 is 11.9 Å². The van der Waals surface area contributed by atoms with E-state index in [1.165, 1.54) is 24.3 Å². The van der Waals surface area contributed by atoms with Crippen LogP contribution in [-0.2, 0) is 16.8 Å². The van der Waals surface area contributed by atoms with Crippen molar-refractivity contribution in [3.8, 4) is 5.75 Å². The van der Waals surface area contributed by atoms with Crippen molar-refractivity contribution in [1.29, 1.82) is 0 Å². The Morgan fingerprint density at radius 3 is 2.22 bits per heavy atom. The minimum atomic E-state index is -1.27. The molecule has 3 aromatic rings. The minimum absolute atomic E-state index is 0.153. The van der Waals surface area contributed by atoms with E-state index in [0.29, 0.717) is 11.3 Å². The van der Waals surface area contributed by atoms with Gasteiger partial charge in [-0.2, -0.15) is 0 Å². The monoisotopic (exact) mass is 434 g/mol. The quantitative estimate of drug-likeness (QED) is 0.534. The second-order valence-corrected chi connectivity index (χ2v) is 7.70. The van der Waals surface area contributed by atoms with Gasteiger partial charge in [0.15, 0.2) is 5.54 Å². The van der Waals surface area contributed by atoms with Gasteiger partial charge in [-0.1, -0.05) is 60.7 Å². The average molecular weight is 434 g/mol. The SMILES string of the molecule is O=C1N[C@](Cc2ccccc2)(c2ccccc2)C(=O)N1C[C@H](O)COc1ccc(F)cc1. The number of nitrogens with zero attached hydrogens (tertiary/aromatic N) is 1. The van der Waals surface area contributed by atoms with E-state index < -0.39 is 29.4 Å². The third-order valence-corrected chi connectivity index (χ3v) is 5.40. The summed E-state index contributed by atoms with van der Waals surface area (Å²) >= 11 is 0. The van der Waals surface area contributed by atoms with Crippen LogP contribution in [0.3, 0.4) is 0 Å². The molecule has 3 aromatic carbocycles. The highest BCUT2D eigenvalue weighted by atomic mass is 19.1. The van der Waals surface area contributed by atoms with Gasteiger partial charge in [-0.05, 0) is 35.4 Å². The maximum absolute atomic E-state index is 13.5. The van der Waals surface area contributed by atoms with E-state index in [4.69, 9.17) is 4.74 Å². The summed E-state index contributed by atoms with van der Waals surface area (Å²) < 4.78 is 18.5. The number of imide groups is 1. The lowest BCUT2D eigenvalue weighted by molar-refractivity contribution is -0.132. The van der Waals surface area contributed by atoms with Gasteiger partial charge >= 0.3 is 6.03 Å². The number of urea groups is 1.